The number of hydrogen-bond acceptors (Lipinski definition) is 7. The van der Waals surface area contributed by atoms with E-state index in [0.29, 0.717) is 11.5 Å². The number of rotatable bonds is 5. The number of ether oxygens (including phenoxy) is 3. The van der Waals surface area contributed by atoms with Crippen molar-refractivity contribution in [3.63, 3.8) is 0 Å². The summed E-state index contributed by atoms with van der Waals surface area (Å²) in [7, 11) is -3.51. The minimum Gasteiger partial charge on any atom is -0.485 e. The number of carbonyl (C=O) groups excluding carboxylic acids is 2. The van der Waals surface area contributed by atoms with Crippen molar-refractivity contribution in [2.24, 2.45) is 0 Å². The van der Waals surface area contributed by atoms with Crippen molar-refractivity contribution in [2.45, 2.75) is 11.0 Å². The second-order valence-electron chi connectivity index (χ2n) is 5.79. The molecule has 2 aromatic carbocycles. The van der Waals surface area contributed by atoms with Crippen LogP contribution in [0.1, 0.15) is 0 Å². The summed E-state index contributed by atoms with van der Waals surface area (Å²) in [6, 6.07) is 12.8. The Morgan fingerprint density at radius 1 is 1.11 bits per heavy atom. The largest absolute Gasteiger partial charge is 0.485 e. The van der Waals surface area contributed by atoms with Gasteiger partial charge in [0.25, 0.3) is 5.91 Å². The highest BCUT2D eigenvalue weighted by molar-refractivity contribution is 7.90. The van der Waals surface area contributed by atoms with Crippen molar-refractivity contribution in [2.75, 3.05) is 24.8 Å². The van der Waals surface area contributed by atoms with E-state index in [1.165, 1.54) is 12.1 Å². The zero-order chi connectivity index (χ0) is 19.4. The molecule has 142 valence electrons. The molecule has 0 unspecified atom stereocenters. The molecule has 27 heavy (non-hydrogen) atoms. The lowest BCUT2D eigenvalue weighted by atomic mass is 10.2. The Kier molecular flexibility index (Phi) is 5.31. The first-order valence-electron chi connectivity index (χ1n) is 7.98. The summed E-state index contributed by atoms with van der Waals surface area (Å²) in [6.45, 7) is -0.618. The van der Waals surface area contributed by atoms with Gasteiger partial charge in [-0.2, -0.15) is 0 Å². The molecule has 0 aliphatic carbocycles. The predicted octanol–water partition coefficient (Wildman–Crippen LogP) is 1.41. The van der Waals surface area contributed by atoms with Crippen molar-refractivity contribution in [3.05, 3.63) is 48.5 Å². The fourth-order valence-corrected chi connectivity index (χ4v) is 3.29. The molecule has 1 aliphatic rings. The molecule has 0 saturated carbocycles. The average molecular weight is 391 g/mol. The van der Waals surface area contributed by atoms with E-state index in [1.807, 2.05) is 0 Å². The zero-order valence-corrected chi connectivity index (χ0v) is 15.2. The maximum atomic E-state index is 12.1. The number of anilines is 1. The summed E-state index contributed by atoms with van der Waals surface area (Å²) < 4.78 is 39.4. The highest BCUT2D eigenvalue weighted by Crippen LogP contribution is 2.31. The first kappa shape index (κ1) is 18.7. The third kappa shape index (κ3) is 4.56. The number of fused-ring (bicyclic) bond motifs is 1. The van der Waals surface area contributed by atoms with Crippen LogP contribution in [0.2, 0.25) is 0 Å². The molecule has 0 spiro atoms. The van der Waals surface area contributed by atoms with Crippen molar-refractivity contribution in [1.29, 1.82) is 0 Å². The summed E-state index contributed by atoms with van der Waals surface area (Å²) in [4.78, 5) is 24.1. The Hall–Kier alpha value is -3.07. The van der Waals surface area contributed by atoms with E-state index in [-0.39, 0.29) is 17.2 Å². The van der Waals surface area contributed by atoms with Crippen LogP contribution in [0, 0.1) is 0 Å². The molecule has 2 aromatic rings. The van der Waals surface area contributed by atoms with Gasteiger partial charge in [-0.15, -0.1) is 0 Å². The summed E-state index contributed by atoms with van der Waals surface area (Å²) in [5.74, 6) is -0.485. The molecule has 0 fully saturated rings. The lowest BCUT2D eigenvalue weighted by molar-refractivity contribution is -0.156. The van der Waals surface area contributed by atoms with Gasteiger partial charge in [-0.3, -0.25) is 4.79 Å². The van der Waals surface area contributed by atoms with Crippen LogP contribution in [-0.4, -0.2) is 45.9 Å². The topological polar surface area (TPSA) is 108 Å². The van der Waals surface area contributed by atoms with Gasteiger partial charge in [0.2, 0.25) is 6.10 Å². The van der Waals surface area contributed by atoms with Crippen LogP contribution in [0.5, 0.6) is 11.5 Å². The Morgan fingerprint density at radius 2 is 1.78 bits per heavy atom. The van der Waals surface area contributed by atoms with Gasteiger partial charge in [-0.25, -0.2) is 13.2 Å². The zero-order valence-electron chi connectivity index (χ0n) is 14.4. The van der Waals surface area contributed by atoms with Gasteiger partial charge < -0.3 is 19.5 Å². The normalized spacial score (nSPS) is 15.7. The molecule has 1 aliphatic heterocycles. The average Bonchev–Trinajstić information content (AvgIpc) is 2.65. The molecule has 0 aromatic heterocycles. The number of sulfone groups is 1. The molecule has 1 N–H and O–H groups in total. The van der Waals surface area contributed by atoms with Gasteiger partial charge in [0, 0.05) is 6.26 Å². The van der Waals surface area contributed by atoms with E-state index in [2.05, 4.69) is 5.32 Å². The van der Waals surface area contributed by atoms with Crippen LogP contribution in [0.4, 0.5) is 5.69 Å². The molecule has 1 amide bonds. The van der Waals surface area contributed by atoms with Crippen LogP contribution in [0.15, 0.2) is 53.4 Å². The standard InChI is InChI=1S/C18H17NO7S/c1-27(22,23)16-9-5-2-6-12(16)19-17(20)11-25-18(21)15-10-24-13-7-3-4-8-14(13)26-15/h2-9,15H,10-11H2,1H3,(H,19,20)/t15-/m1/s1. The number of esters is 1. The molecule has 0 saturated heterocycles. The van der Waals surface area contributed by atoms with E-state index in [4.69, 9.17) is 14.2 Å². The molecular weight excluding hydrogens is 374 g/mol. The highest BCUT2D eigenvalue weighted by atomic mass is 32.2. The summed E-state index contributed by atoms with van der Waals surface area (Å²) in [5.41, 5.74) is 0.118. The van der Waals surface area contributed by atoms with Gasteiger partial charge in [0.05, 0.1) is 10.6 Å². The van der Waals surface area contributed by atoms with E-state index < -0.39 is 34.4 Å². The van der Waals surface area contributed by atoms with Gasteiger partial charge in [0.1, 0.15) is 6.61 Å². The fourth-order valence-electron chi connectivity index (χ4n) is 2.44. The van der Waals surface area contributed by atoms with E-state index >= 15 is 0 Å². The maximum Gasteiger partial charge on any atom is 0.351 e. The predicted molar refractivity (Wildman–Crippen MR) is 95.5 cm³/mol. The Morgan fingerprint density at radius 3 is 2.52 bits per heavy atom. The first-order chi connectivity index (χ1) is 12.8. The van der Waals surface area contributed by atoms with E-state index in [0.717, 1.165) is 6.26 Å². The van der Waals surface area contributed by atoms with Gasteiger partial charge in [-0.1, -0.05) is 24.3 Å². The lowest BCUT2D eigenvalue weighted by Crippen LogP contribution is -2.39. The van der Waals surface area contributed by atoms with Crippen molar-refractivity contribution in [3.8, 4) is 11.5 Å². The monoisotopic (exact) mass is 391 g/mol. The lowest BCUT2D eigenvalue weighted by Gasteiger charge is -2.24. The maximum absolute atomic E-state index is 12.1. The van der Waals surface area contributed by atoms with Gasteiger partial charge in [0.15, 0.2) is 27.9 Å². The number of benzene rings is 2. The van der Waals surface area contributed by atoms with Gasteiger partial charge in [-0.05, 0) is 24.3 Å². The number of amides is 1. The second kappa shape index (κ2) is 7.67. The molecule has 1 heterocycles. The van der Waals surface area contributed by atoms with Crippen LogP contribution in [-0.2, 0) is 24.2 Å². The molecule has 0 radical (unpaired) electrons. The third-order valence-corrected chi connectivity index (χ3v) is 4.83. The summed E-state index contributed by atoms with van der Waals surface area (Å²) in [6.07, 6.45) is 0.0482. The Labute approximate surface area is 156 Å². The second-order valence-corrected chi connectivity index (χ2v) is 7.77. The molecule has 9 heteroatoms. The van der Waals surface area contributed by atoms with Crippen LogP contribution >= 0.6 is 0 Å². The van der Waals surface area contributed by atoms with Crippen LogP contribution in [0.25, 0.3) is 0 Å². The van der Waals surface area contributed by atoms with E-state index in [9.17, 15) is 18.0 Å². The van der Waals surface area contributed by atoms with Crippen molar-refractivity contribution >= 4 is 27.4 Å². The first-order valence-corrected chi connectivity index (χ1v) is 9.88. The SMILES string of the molecule is CS(=O)(=O)c1ccccc1NC(=O)COC(=O)[C@H]1COc2ccccc2O1. The van der Waals surface area contributed by atoms with E-state index in [1.54, 1.807) is 36.4 Å². The van der Waals surface area contributed by atoms with Crippen LogP contribution < -0.4 is 14.8 Å². The minimum atomic E-state index is -3.51. The van der Waals surface area contributed by atoms with Crippen molar-refractivity contribution < 1.29 is 32.2 Å². The smallest absolute Gasteiger partial charge is 0.351 e. The number of para-hydroxylation sites is 3. The third-order valence-electron chi connectivity index (χ3n) is 3.68. The molecule has 3 rings (SSSR count). The van der Waals surface area contributed by atoms with Crippen molar-refractivity contribution in [1.82, 2.24) is 0 Å². The van der Waals surface area contributed by atoms with Gasteiger partial charge >= 0.3 is 5.97 Å². The molecule has 8 nitrogen and oxygen atoms in total. The Balaban J connectivity index is 1.57. The molecule has 1 atom stereocenters. The molecular formula is C18H17NO7S. The fraction of sp³-hybridized carbons (Fsp3) is 0.222. The number of hydrogen-bond donors (Lipinski definition) is 1. The van der Waals surface area contributed by atoms with Crippen LogP contribution in [0.3, 0.4) is 0 Å². The number of nitrogens with one attached hydrogen (secondary N) is 1. The minimum absolute atomic E-state index is 0.0229. The Bertz CT molecular complexity index is 971. The summed E-state index contributed by atoms with van der Waals surface area (Å²) in [5, 5.41) is 2.42. The summed E-state index contributed by atoms with van der Waals surface area (Å²) >= 11 is 0. The number of carbonyl (C=O) groups is 2. The highest BCUT2D eigenvalue weighted by Gasteiger charge is 2.29. The quantitative estimate of drug-likeness (QED) is 0.768. The molecule has 0 bridgehead atoms.